The summed E-state index contributed by atoms with van der Waals surface area (Å²) < 4.78 is 13.6. The number of hydrogen-bond acceptors (Lipinski definition) is 2. The monoisotopic (exact) mass is 340 g/mol. The molecule has 3 nitrogen and oxygen atoms in total. The van der Waals surface area contributed by atoms with Crippen molar-refractivity contribution in [3.63, 3.8) is 0 Å². The van der Waals surface area contributed by atoms with Crippen molar-refractivity contribution in [2.24, 2.45) is 0 Å². The lowest BCUT2D eigenvalue weighted by Gasteiger charge is -2.15. The molecule has 0 aliphatic carbocycles. The lowest BCUT2D eigenvalue weighted by atomic mass is 10.1. The number of nitrogens with one attached hydrogen (secondary N) is 2. The predicted octanol–water partition coefficient (Wildman–Crippen LogP) is 4.42. The Bertz CT molecular complexity index is 679. The standard InChI is InChI=1S/C16H15Cl2FN2O/c1-10(12-4-2-3-5-14(12)19)20-9-16(22)21-15-7-6-11(17)8-13(15)18/h2-8,10,20H,9H2,1H3,(H,21,22). The van der Waals surface area contributed by atoms with Crippen LogP contribution in [0.3, 0.4) is 0 Å². The molecule has 0 aliphatic rings. The number of rotatable bonds is 5. The number of anilines is 1. The van der Waals surface area contributed by atoms with Gasteiger partial charge in [0.05, 0.1) is 17.3 Å². The number of carbonyl (C=O) groups is 1. The Morgan fingerprint density at radius 1 is 1.23 bits per heavy atom. The molecule has 1 unspecified atom stereocenters. The van der Waals surface area contributed by atoms with Gasteiger partial charge in [0.15, 0.2) is 0 Å². The SMILES string of the molecule is CC(NCC(=O)Nc1ccc(Cl)cc1Cl)c1ccccc1F. The molecule has 0 saturated heterocycles. The molecule has 116 valence electrons. The van der Waals surface area contributed by atoms with E-state index in [2.05, 4.69) is 10.6 Å². The normalized spacial score (nSPS) is 12.0. The van der Waals surface area contributed by atoms with Gasteiger partial charge in [0.25, 0.3) is 0 Å². The van der Waals surface area contributed by atoms with E-state index >= 15 is 0 Å². The van der Waals surface area contributed by atoms with E-state index in [0.717, 1.165) is 0 Å². The van der Waals surface area contributed by atoms with E-state index in [1.165, 1.54) is 6.07 Å². The van der Waals surface area contributed by atoms with Crippen LogP contribution in [-0.4, -0.2) is 12.5 Å². The number of benzene rings is 2. The molecular formula is C16H15Cl2FN2O. The van der Waals surface area contributed by atoms with Crippen molar-refractivity contribution < 1.29 is 9.18 Å². The Balaban J connectivity index is 1.91. The molecule has 0 spiro atoms. The van der Waals surface area contributed by atoms with Gasteiger partial charge in [-0.15, -0.1) is 0 Å². The largest absolute Gasteiger partial charge is 0.324 e. The van der Waals surface area contributed by atoms with Crippen molar-refractivity contribution in [2.75, 3.05) is 11.9 Å². The van der Waals surface area contributed by atoms with Crippen LogP contribution in [0.5, 0.6) is 0 Å². The predicted molar refractivity (Wildman–Crippen MR) is 87.9 cm³/mol. The summed E-state index contributed by atoms with van der Waals surface area (Å²) in [6.45, 7) is 1.83. The van der Waals surface area contributed by atoms with Crippen LogP contribution in [0, 0.1) is 5.82 Å². The van der Waals surface area contributed by atoms with Gasteiger partial charge in [0.1, 0.15) is 5.82 Å². The fraction of sp³-hybridized carbons (Fsp3) is 0.188. The van der Waals surface area contributed by atoms with Crippen molar-refractivity contribution >= 4 is 34.8 Å². The molecule has 2 N–H and O–H groups in total. The third kappa shape index (κ3) is 4.44. The van der Waals surface area contributed by atoms with Crippen LogP contribution in [-0.2, 0) is 4.79 Å². The summed E-state index contributed by atoms with van der Waals surface area (Å²) in [5, 5.41) is 6.50. The van der Waals surface area contributed by atoms with Gasteiger partial charge in [-0.3, -0.25) is 4.79 Å². The summed E-state index contributed by atoms with van der Waals surface area (Å²) >= 11 is 11.8. The summed E-state index contributed by atoms with van der Waals surface area (Å²) in [5.41, 5.74) is 0.997. The Hall–Kier alpha value is -1.62. The second-order valence-corrected chi connectivity index (χ2v) is 5.64. The number of halogens is 3. The third-order valence-electron chi connectivity index (χ3n) is 3.15. The second-order valence-electron chi connectivity index (χ2n) is 4.80. The van der Waals surface area contributed by atoms with E-state index in [9.17, 15) is 9.18 Å². The fourth-order valence-electron chi connectivity index (χ4n) is 1.97. The van der Waals surface area contributed by atoms with Crippen LogP contribution in [0.2, 0.25) is 10.0 Å². The van der Waals surface area contributed by atoms with E-state index in [0.29, 0.717) is 21.3 Å². The van der Waals surface area contributed by atoms with Crippen molar-refractivity contribution in [3.05, 3.63) is 63.9 Å². The molecule has 2 aromatic carbocycles. The Morgan fingerprint density at radius 2 is 1.95 bits per heavy atom. The minimum atomic E-state index is -0.302. The maximum absolute atomic E-state index is 13.6. The zero-order chi connectivity index (χ0) is 16.1. The molecule has 0 aliphatic heterocycles. The van der Waals surface area contributed by atoms with E-state index in [1.807, 2.05) is 0 Å². The summed E-state index contributed by atoms with van der Waals surface area (Å²) in [7, 11) is 0. The highest BCUT2D eigenvalue weighted by molar-refractivity contribution is 6.36. The van der Waals surface area contributed by atoms with E-state index in [1.54, 1.807) is 43.3 Å². The first-order valence-electron chi connectivity index (χ1n) is 6.70. The first-order valence-corrected chi connectivity index (χ1v) is 7.45. The highest BCUT2D eigenvalue weighted by atomic mass is 35.5. The highest BCUT2D eigenvalue weighted by Crippen LogP contribution is 2.25. The quantitative estimate of drug-likeness (QED) is 0.845. The maximum Gasteiger partial charge on any atom is 0.238 e. The first-order chi connectivity index (χ1) is 10.5. The Labute approximate surface area is 138 Å². The zero-order valence-corrected chi connectivity index (χ0v) is 13.4. The molecule has 1 atom stereocenters. The van der Waals surface area contributed by atoms with Gasteiger partial charge in [-0.1, -0.05) is 41.4 Å². The molecule has 0 radical (unpaired) electrons. The minimum Gasteiger partial charge on any atom is -0.324 e. The topological polar surface area (TPSA) is 41.1 Å². The van der Waals surface area contributed by atoms with Crippen molar-refractivity contribution in [1.82, 2.24) is 5.32 Å². The van der Waals surface area contributed by atoms with Crippen LogP contribution in [0.15, 0.2) is 42.5 Å². The van der Waals surface area contributed by atoms with E-state index in [4.69, 9.17) is 23.2 Å². The third-order valence-corrected chi connectivity index (χ3v) is 3.69. The molecule has 22 heavy (non-hydrogen) atoms. The number of amides is 1. The van der Waals surface area contributed by atoms with E-state index in [-0.39, 0.29) is 24.3 Å². The Morgan fingerprint density at radius 3 is 2.64 bits per heavy atom. The molecule has 6 heteroatoms. The molecule has 0 aromatic heterocycles. The van der Waals surface area contributed by atoms with Crippen LogP contribution < -0.4 is 10.6 Å². The average Bonchev–Trinajstić information content (AvgIpc) is 2.48. The number of carbonyl (C=O) groups excluding carboxylic acids is 1. The average molecular weight is 341 g/mol. The molecule has 2 rings (SSSR count). The smallest absolute Gasteiger partial charge is 0.238 e. The van der Waals surface area contributed by atoms with Crippen molar-refractivity contribution in [3.8, 4) is 0 Å². The van der Waals surface area contributed by atoms with Crippen molar-refractivity contribution in [1.29, 1.82) is 0 Å². The molecule has 0 saturated carbocycles. The van der Waals surface area contributed by atoms with Gasteiger partial charge < -0.3 is 10.6 Å². The van der Waals surface area contributed by atoms with Crippen LogP contribution >= 0.6 is 23.2 Å². The summed E-state index contributed by atoms with van der Waals surface area (Å²) in [4.78, 5) is 11.9. The van der Waals surface area contributed by atoms with Crippen molar-refractivity contribution in [2.45, 2.75) is 13.0 Å². The zero-order valence-electron chi connectivity index (χ0n) is 11.9. The van der Waals surface area contributed by atoms with Crippen LogP contribution in [0.25, 0.3) is 0 Å². The van der Waals surface area contributed by atoms with E-state index < -0.39 is 0 Å². The van der Waals surface area contributed by atoms with Gasteiger partial charge in [0, 0.05) is 16.6 Å². The van der Waals surface area contributed by atoms with Gasteiger partial charge in [-0.25, -0.2) is 4.39 Å². The van der Waals surface area contributed by atoms with Gasteiger partial charge in [-0.2, -0.15) is 0 Å². The molecular weight excluding hydrogens is 326 g/mol. The lowest BCUT2D eigenvalue weighted by Crippen LogP contribution is -2.30. The van der Waals surface area contributed by atoms with Gasteiger partial charge >= 0.3 is 0 Å². The minimum absolute atomic E-state index is 0.0362. The summed E-state index contributed by atoms with van der Waals surface area (Å²) in [5.74, 6) is -0.573. The number of hydrogen-bond donors (Lipinski definition) is 2. The molecule has 0 bridgehead atoms. The van der Waals surface area contributed by atoms with Crippen LogP contribution in [0.4, 0.5) is 10.1 Å². The van der Waals surface area contributed by atoms with Gasteiger partial charge in [0.2, 0.25) is 5.91 Å². The fourth-order valence-corrected chi connectivity index (χ4v) is 2.42. The maximum atomic E-state index is 13.6. The summed E-state index contributed by atoms with van der Waals surface area (Å²) in [6.07, 6.45) is 0. The Kier molecular flexibility index (Phi) is 5.77. The first kappa shape index (κ1) is 16.7. The molecule has 0 heterocycles. The highest BCUT2D eigenvalue weighted by Gasteiger charge is 2.12. The lowest BCUT2D eigenvalue weighted by molar-refractivity contribution is -0.115. The molecule has 2 aromatic rings. The molecule has 0 fully saturated rings. The molecule has 1 amide bonds. The van der Waals surface area contributed by atoms with Crippen LogP contribution in [0.1, 0.15) is 18.5 Å². The second kappa shape index (κ2) is 7.58. The van der Waals surface area contributed by atoms with Gasteiger partial charge in [-0.05, 0) is 31.2 Å². The summed E-state index contributed by atoms with van der Waals surface area (Å²) in [6, 6.07) is 11.0.